The second-order valence-corrected chi connectivity index (χ2v) is 1.60. The van der Waals surface area contributed by atoms with Crippen LogP contribution in [0.3, 0.4) is 0 Å². The first-order valence-electron chi connectivity index (χ1n) is 3.01. The zero-order valence-electron chi connectivity index (χ0n) is 5.30. The van der Waals surface area contributed by atoms with E-state index in [9.17, 15) is 0 Å². The van der Waals surface area contributed by atoms with Gasteiger partial charge in [0.1, 0.15) is 0 Å². The van der Waals surface area contributed by atoms with Crippen LogP contribution in [-0.2, 0) is 0 Å². The lowest BCUT2D eigenvalue weighted by Crippen LogP contribution is -1.86. The molecule has 0 aliphatic carbocycles. The molecular weight excluding hydrogens is 102 g/mol. The molecule has 0 atom stereocenters. The summed E-state index contributed by atoms with van der Waals surface area (Å²) in [6, 6.07) is 0. The van der Waals surface area contributed by atoms with E-state index in [1.165, 1.54) is 0 Å². The van der Waals surface area contributed by atoms with Crippen molar-refractivity contribution in [2.24, 2.45) is 4.99 Å². The number of hydrogen-bond acceptors (Lipinski definition) is 2. The Bertz CT molecular complexity index is 53.5. The van der Waals surface area contributed by atoms with Crippen molar-refractivity contribution in [2.75, 3.05) is 13.2 Å². The molecular formula is C6H13NO. The van der Waals surface area contributed by atoms with Crippen LogP contribution in [0.4, 0.5) is 0 Å². The predicted octanol–water partition coefficient (Wildman–Crippen LogP) is 0.850. The molecule has 8 heavy (non-hydrogen) atoms. The molecule has 48 valence electrons. The van der Waals surface area contributed by atoms with E-state index < -0.39 is 0 Å². The van der Waals surface area contributed by atoms with Gasteiger partial charge in [0.05, 0.1) is 13.2 Å². The molecule has 1 N–H and O–H groups in total. The molecule has 0 aromatic carbocycles. The van der Waals surface area contributed by atoms with Crippen molar-refractivity contribution in [2.45, 2.75) is 19.8 Å². The molecule has 0 saturated heterocycles. The van der Waals surface area contributed by atoms with Crippen molar-refractivity contribution in [1.29, 1.82) is 0 Å². The van der Waals surface area contributed by atoms with Crippen LogP contribution in [0.25, 0.3) is 0 Å². The van der Waals surface area contributed by atoms with Gasteiger partial charge in [-0.1, -0.05) is 13.3 Å². The smallest absolute Gasteiger partial charge is 0.0626 e. The van der Waals surface area contributed by atoms with E-state index in [1.807, 2.05) is 6.21 Å². The summed E-state index contributed by atoms with van der Waals surface area (Å²) >= 11 is 0. The highest BCUT2D eigenvalue weighted by Gasteiger charge is 1.73. The van der Waals surface area contributed by atoms with Crippen LogP contribution in [0.1, 0.15) is 19.8 Å². The number of rotatable bonds is 4. The molecule has 0 aliphatic rings. The van der Waals surface area contributed by atoms with E-state index in [1.54, 1.807) is 0 Å². The van der Waals surface area contributed by atoms with Gasteiger partial charge in [0.25, 0.3) is 0 Å². The molecule has 0 heterocycles. The summed E-state index contributed by atoms with van der Waals surface area (Å²) in [6.07, 6.45) is 4.02. The van der Waals surface area contributed by atoms with Gasteiger partial charge in [-0.3, -0.25) is 4.99 Å². The van der Waals surface area contributed by atoms with E-state index in [4.69, 9.17) is 5.11 Å². The number of nitrogens with zero attached hydrogens (tertiary/aromatic N) is 1. The molecule has 0 aromatic heterocycles. The Labute approximate surface area is 50.3 Å². The minimum Gasteiger partial charge on any atom is -0.394 e. The Morgan fingerprint density at radius 1 is 1.62 bits per heavy atom. The normalized spacial score (nSPS) is 10.8. The monoisotopic (exact) mass is 115 g/mol. The van der Waals surface area contributed by atoms with E-state index in [2.05, 4.69) is 11.9 Å². The van der Waals surface area contributed by atoms with E-state index in [-0.39, 0.29) is 6.61 Å². The minimum absolute atomic E-state index is 0.167. The fourth-order valence-corrected chi connectivity index (χ4v) is 0.369. The summed E-state index contributed by atoms with van der Waals surface area (Å²) < 4.78 is 0. The quantitative estimate of drug-likeness (QED) is 0.541. The lowest BCUT2D eigenvalue weighted by molar-refractivity contribution is 0.307. The van der Waals surface area contributed by atoms with Crippen molar-refractivity contribution >= 4 is 6.21 Å². The van der Waals surface area contributed by atoms with Gasteiger partial charge in [0.15, 0.2) is 0 Å². The fraction of sp³-hybridized carbons (Fsp3) is 0.833. The molecule has 2 nitrogen and oxygen atoms in total. The van der Waals surface area contributed by atoms with Gasteiger partial charge in [-0.15, -0.1) is 0 Å². The number of unbranched alkanes of at least 4 members (excludes halogenated alkanes) is 1. The summed E-state index contributed by atoms with van der Waals surface area (Å²) in [5.74, 6) is 0. The van der Waals surface area contributed by atoms with Crippen LogP contribution in [0.15, 0.2) is 4.99 Å². The Morgan fingerprint density at radius 2 is 2.38 bits per heavy atom. The summed E-state index contributed by atoms with van der Waals surface area (Å²) in [7, 11) is 0. The van der Waals surface area contributed by atoms with Crippen LogP contribution in [0.5, 0.6) is 0 Å². The van der Waals surface area contributed by atoms with E-state index in [0.717, 1.165) is 12.8 Å². The first-order valence-corrected chi connectivity index (χ1v) is 3.01. The molecule has 2 heteroatoms. The first-order chi connectivity index (χ1) is 3.91. The van der Waals surface area contributed by atoms with Crippen molar-refractivity contribution in [3.05, 3.63) is 0 Å². The van der Waals surface area contributed by atoms with Crippen molar-refractivity contribution in [3.8, 4) is 0 Å². The highest BCUT2D eigenvalue weighted by Crippen LogP contribution is 1.79. The van der Waals surface area contributed by atoms with Crippen LogP contribution >= 0.6 is 0 Å². The highest BCUT2D eigenvalue weighted by molar-refractivity contribution is 5.56. The van der Waals surface area contributed by atoms with Gasteiger partial charge in [-0.2, -0.15) is 0 Å². The Hall–Kier alpha value is -0.370. The third kappa shape index (κ3) is 5.63. The third-order valence-electron chi connectivity index (χ3n) is 0.776. The number of aliphatic hydroxyl groups is 1. The highest BCUT2D eigenvalue weighted by atomic mass is 16.3. The maximum atomic E-state index is 8.25. The molecule has 0 radical (unpaired) electrons. The Balaban J connectivity index is 2.83. The topological polar surface area (TPSA) is 32.6 Å². The van der Waals surface area contributed by atoms with Gasteiger partial charge in [0, 0.05) is 0 Å². The van der Waals surface area contributed by atoms with Gasteiger partial charge in [0.2, 0.25) is 0 Å². The number of aliphatic imine (C=N–C) groups is 1. The van der Waals surface area contributed by atoms with Crippen LogP contribution in [0.2, 0.25) is 0 Å². The van der Waals surface area contributed by atoms with Crippen molar-refractivity contribution in [1.82, 2.24) is 0 Å². The van der Waals surface area contributed by atoms with E-state index in [0.29, 0.717) is 6.54 Å². The second kappa shape index (κ2) is 6.63. The standard InChI is InChI=1S/C6H13NO/c1-2-3-4-7-5-6-8/h4,8H,2-3,5-6H2,1H3/b7-4+. The lowest BCUT2D eigenvalue weighted by atomic mass is 10.4. The molecule has 0 unspecified atom stereocenters. The van der Waals surface area contributed by atoms with Gasteiger partial charge < -0.3 is 5.11 Å². The minimum atomic E-state index is 0.167. The number of hydrogen-bond donors (Lipinski definition) is 1. The summed E-state index contributed by atoms with van der Waals surface area (Å²) in [5, 5.41) is 8.25. The molecule has 0 rings (SSSR count). The molecule has 0 aromatic rings. The second-order valence-electron chi connectivity index (χ2n) is 1.60. The largest absolute Gasteiger partial charge is 0.394 e. The first kappa shape index (κ1) is 7.63. The zero-order chi connectivity index (χ0) is 6.24. The van der Waals surface area contributed by atoms with Gasteiger partial charge >= 0.3 is 0 Å². The van der Waals surface area contributed by atoms with Gasteiger partial charge in [-0.05, 0) is 12.6 Å². The van der Waals surface area contributed by atoms with Crippen molar-refractivity contribution < 1.29 is 5.11 Å². The molecule has 0 bridgehead atoms. The van der Waals surface area contributed by atoms with E-state index >= 15 is 0 Å². The SMILES string of the molecule is CCC/C=N/CCO. The maximum Gasteiger partial charge on any atom is 0.0626 e. The Kier molecular flexibility index (Phi) is 6.32. The summed E-state index contributed by atoms with van der Waals surface area (Å²) in [5.41, 5.74) is 0. The Morgan fingerprint density at radius 3 is 2.88 bits per heavy atom. The average Bonchev–Trinajstić information content (AvgIpc) is 1.81. The maximum absolute atomic E-state index is 8.25. The number of aliphatic hydroxyl groups excluding tert-OH is 1. The molecule has 0 aliphatic heterocycles. The summed E-state index contributed by atoms with van der Waals surface area (Å²) in [6.45, 7) is 2.82. The molecule has 0 saturated carbocycles. The van der Waals surface area contributed by atoms with Crippen LogP contribution in [0, 0.1) is 0 Å². The van der Waals surface area contributed by atoms with Crippen LogP contribution in [-0.4, -0.2) is 24.5 Å². The molecule has 0 fully saturated rings. The van der Waals surface area contributed by atoms with Crippen LogP contribution < -0.4 is 0 Å². The van der Waals surface area contributed by atoms with Crippen molar-refractivity contribution in [3.63, 3.8) is 0 Å². The lowest BCUT2D eigenvalue weighted by Gasteiger charge is -1.83. The molecule has 0 spiro atoms. The average molecular weight is 115 g/mol. The fourth-order valence-electron chi connectivity index (χ4n) is 0.369. The predicted molar refractivity (Wildman–Crippen MR) is 35.4 cm³/mol. The third-order valence-corrected chi connectivity index (χ3v) is 0.776. The molecule has 0 amide bonds. The zero-order valence-corrected chi connectivity index (χ0v) is 5.30. The van der Waals surface area contributed by atoms with Gasteiger partial charge in [-0.25, -0.2) is 0 Å². The summed E-state index contributed by atoms with van der Waals surface area (Å²) in [4.78, 5) is 3.90.